The molecule has 0 atom stereocenters. The number of sulfonamides is 1. The average molecular weight is 423 g/mol. The Morgan fingerprint density at radius 3 is 2.36 bits per heavy atom. The molecule has 0 spiro atoms. The number of aryl methyl sites for hydroxylation is 2. The summed E-state index contributed by atoms with van der Waals surface area (Å²) in [7, 11) is -3.89. The average Bonchev–Trinajstić information content (AvgIpc) is 2.69. The molecule has 0 aromatic heterocycles. The third-order valence-electron chi connectivity index (χ3n) is 4.89. The Morgan fingerprint density at radius 2 is 1.71 bits per heavy atom. The summed E-state index contributed by atoms with van der Waals surface area (Å²) in [5, 5.41) is 0. The van der Waals surface area contributed by atoms with E-state index in [1.165, 1.54) is 45.4 Å². The van der Waals surface area contributed by atoms with Gasteiger partial charge in [0.15, 0.2) is 0 Å². The first-order valence-electron chi connectivity index (χ1n) is 9.01. The zero-order valence-corrected chi connectivity index (χ0v) is 17.5. The predicted octanol–water partition coefficient (Wildman–Crippen LogP) is 3.07. The molecule has 1 fully saturated rings. The van der Waals surface area contributed by atoms with Gasteiger partial charge in [-0.15, -0.1) is 11.8 Å². The van der Waals surface area contributed by atoms with E-state index in [2.05, 4.69) is 6.07 Å². The first-order chi connectivity index (χ1) is 13.3. The molecule has 1 heterocycles. The van der Waals surface area contributed by atoms with Gasteiger partial charge >= 0.3 is 0 Å². The minimum Gasteiger partial charge on any atom is -0.339 e. The van der Waals surface area contributed by atoms with Crippen LogP contribution in [0.15, 0.2) is 52.3 Å². The molecule has 0 N–H and O–H groups in total. The van der Waals surface area contributed by atoms with Crippen molar-refractivity contribution in [1.82, 2.24) is 9.21 Å². The van der Waals surface area contributed by atoms with E-state index >= 15 is 0 Å². The number of carbonyl (C=O) groups excluding carboxylic acids is 1. The highest BCUT2D eigenvalue weighted by molar-refractivity contribution is 8.00. The fraction of sp³-hybridized carbons (Fsp3) is 0.350. The zero-order chi connectivity index (χ0) is 20.3. The maximum atomic E-state index is 13.9. The molecule has 5 nitrogen and oxygen atoms in total. The molecular formula is C20H23FN2O3S2. The van der Waals surface area contributed by atoms with Gasteiger partial charge in [0.25, 0.3) is 0 Å². The highest BCUT2D eigenvalue weighted by atomic mass is 32.2. The molecule has 1 amide bonds. The van der Waals surface area contributed by atoms with Crippen LogP contribution >= 0.6 is 11.8 Å². The van der Waals surface area contributed by atoms with Gasteiger partial charge in [0, 0.05) is 31.1 Å². The largest absolute Gasteiger partial charge is 0.339 e. The fourth-order valence-corrected chi connectivity index (χ4v) is 5.40. The molecule has 0 saturated carbocycles. The Bertz CT molecular complexity index is 971. The smallest absolute Gasteiger partial charge is 0.246 e. The number of rotatable bonds is 5. The first kappa shape index (κ1) is 20.8. The molecule has 28 heavy (non-hydrogen) atoms. The van der Waals surface area contributed by atoms with E-state index in [4.69, 9.17) is 0 Å². The number of amides is 1. The summed E-state index contributed by atoms with van der Waals surface area (Å²) >= 11 is 1.48. The summed E-state index contributed by atoms with van der Waals surface area (Å²) < 4.78 is 40.4. The molecule has 0 aliphatic carbocycles. The van der Waals surface area contributed by atoms with Crippen molar-refractivity contribution in [2.75, 3.05) is 31.9 Å². The predicted molar refractivity (Wildman–Crippen MR) is 108 cm³/mol. The van der Waals surface area contributed by atoms with Gasteiger partial charge in [0.2, 0.25) is 15.9 Å². The number of thioether (sulfide) groups is 1. The highest BCUT2D eigenvalue weighted by Crippen LogP contribution is 2.23. The Hall–Kier alpha value is -1.90. The van der Waals surface area contributed by atoms with Crippen molar-refractivity contribution in [3.63, 3.8) is 0 Å². The van der Waals surface area contributed by atoms with Crippen molar-refractivity contribution in [1.29, 1.82) is 0 Å². The molecule has 3 rings (SSSR count). The quantitative estimate of drug-likeness (QED) is 0.695. The van der Waals surface area contributed by atoms with Crippen LogP contribution in [0.5, 0.6) is 0 Å². The molecule has 2 aromatic carbocycles. The second-order valence-corrected chi connectivity index (χ2v) is 9.71. The number of carbonyl (C=O) groups is 1. The second kappa shape index (κ2) is 8.63. The maximum Gasteiger partial charge on any atom is 0.246 e. The molecule has 8 heteroatoms. The van der Waals surface area contributed by atoms with Crippen LogP contribution in [0.1, 0.15) is 11.1 Å². The lowest BCUT2D eigenvalue weighted by atomic mass is 10.1. The fourth-order valence-electron chi connectivity index (χ4n) is 3.01. The lowest BCUT2D eigenvalue weighted by Gasteiger charge is -2.34. The van der Waals surface area contributed by atoms with E-state index < -0.39 is 15.8 Å². The molecule has 1 saturated heterocycles. The van der Waals surface area contributed by atoms with Crippen molar-refractivity contribution >= 4 is 27.7 Å². The molecule has 0 bridgehead atoms. The van der Waals surface area contributed by atoms with Gasteiger partial charge in [0.05, 0.1) is 5.75 Å². The SMILES string of the molecule is Cc1ccc(SCC(=O)N2CCN(S(=O)(=O)c3ccccc3F)CC2)cc1C. The molecule has 150 valence electrons. The Kier molecular flexibility index (Phi) is 6.42. The third kappa shape index (κ3) is 4.56. The summed E-state index contributed by atoms with van der Waals surface area (Å²) in [6.07, 6.45) is 0. The molecule has 1 aliphatic heterocycles. The van der Waals surface area contributed by atoms with Crippen LogP contribution in [0.3, 0.4) is 0 Å². The molecule has 0 unspecified atom stereocenters. The van der Waals surface area contributed by atoms with Gasteiger partial charge in [-0.2, -0.15) is 4.31 Å². The van der Waals surface area contributed by atoms with Crippen molar-refractivity contribution in [2.45, 2.75) is 23.6 Å². The topological polar surface area (TPSA) is 57.7 Å². The number of piperazine rings is 1. The monoisotopic (exact) mass is 422 g/mol. The minimum atomic E-state index is -3.89. The van der Waals surface area contributed by atoms with Crippen molar-refractivity contribution in [3.8, 4) is 0 Å². The second-order valence-electron chi connectivity index (χ2n) is 6.75. The van der Waals surface area contributed by atoms with Gasteiger partial charge in [-0.1, -0.05) is 18.2 Å². The van der Waals surface area contributed by atoms with Crippen LogP contribution in [0.2, 0.25) is 0 Å². The summed E-state index contributed by atoms with van der Waals surface area (Å²) in [6.45, 7) is 5.02. The van der Waals surface area contributed by atoms with Gasteiger partial charge in [-0.25, -0.2) is 12.8 Å². The van der Waals surface area contributed by atoms with Gasteiger partial charge in [-0.3, -0.25) is 4.79 Å². The van der Waals surface area contributed by atoms with Crippen LogP contribution < -0.4 is 0 Å². The minimum absolute atomic E-state index is 0.0221. The van der Waals surface area contributed by atoms with E-state index in [1.807, 2.05) is 26.0 Å². The van der Waals surface area contributed by atoms with E-state index in [-0.39, 0.29) is 23.9 Å². The zero-order valence-electron chi connectivity index (χ0n) is 15.9. The first-order valence-corrected chi connectivity index (χ1v) is 11.4. The molecule has 1 aliphatic rings. The van der Waals surface area contributed by atoms with Gasteiger partial charge in [0.1, 0.15) is 10.7 Å². The van der Waals surface area contributed by atoms with Crippen LogP contribution in [-0.4, -0.2) is 55.5 Å². The van der Waals surface area contributed by atoms with Crippen LogP contribution in [-0.2, 0) is 14.8 Å². The highest BCUT2D eigenvalue weighted by Gasteiger charge is 2.31. The van der Waals surface area contributed by atoms with Crippen LogP contribution in [0.25, 0.3) is 0 Å². The lowest BCUT2D eigenvalue weighted by molar-refractivity contribution is -0.129. The van der Waals surface area contributed by atoms with Crippen molar-refractivity contribution in [2.24, 2.45) is 0 Å². The number of hydrogen-bond donors (Lipinski definition) is 0. The molecule has 0 radical (unpaired) electrons. The van der Waals surface area contributed by atoms with Gasteiger partial charge < -0.3 is 4.90 Å². The number of hydrogen-bond acceptors (Lipinski definition) is 4. The normalized spacial score (nSPS) is 15.6. The number of halogens is 1. The summed E-state index contributed by atoms with van der Waals surface area (Å²) in [6, 6.07) is 11.5. The third-order valence-corrected chi connectivity index (χ3v) is 7.80. The molecular weight excluding hydrogens is 399 g/mol. The van der Waals surface area contributed by atoms with E-state index in [9.17, 15) is 17.6 Å². The molecule has 2 aromatic rings. The lowest BCUT2D eigenvalue weighted by Crippen LogP contribution is -2.51. The van der Waals surface area contributed by atoms with Crippen LogP contribution in [0.4, 0.5) is 4.39 Å². The Balaban J connectivity index is 1.56. The Morgan fingerprint density at radius 1 is 1.04 bits per heavy atom. The van der Waals surface area contributed by atoms with E-state index in [0.717, 1.165) is 11.0 Å². The van der Waals surface area contributed by atoms with Crippen molar-refractivity contribution in [3.05, 3.63) is 59.4 Å². The van der Waals surface area contributed by atoms with Gasteiger partial charge in [-0.05, 0) is 49.2 Å². The Labute approximate surface area is 169 Å². The summed E-state index contributed by atoms with van der Waals surface area (Å²) in [5.41, 5.74) is 2.40. The van der Waals surface area contributed by atoms with E-state index in [0.29, 0.717) is 18.8 Å². The van der Waals surface area contributed by atoms with E-state index in [1.54, 1.807) is 4.90 Å². The maximum absolute atomic E-state index is 13.9. The number of benzene rings is 2. The number of nitrogens with zero attached hydrogens (tertiary/aromatic N) is 2. The van der Waals surface area contributed by atoms with Crippen molar-refractivity contribution < 1.29 is 17.6 Å². The summed E-state index contributed by atoms with van der Waals surface area (Å²) in [4.78, 5) is 14.9. The summed E-state index contributed by atoms with van der Waals surface area (Å²) in [5.74, 6) is -0.472. The standard InChI is InChI=1S/C20H23FN2O3S2/c1-15-7-8-17(13-16(15)2)27-14-20(24)22-9-11-23(12-10-22)28(25,26)19-6-4-3-5-18(19)21/h3-8,13H,9-12,14H2,1-2H3. The van der Waals surface area contributed by atoms with Crippen LogP contribution in [0, 0.1) is 19.7 Å².